The molecular weight excluding hydrogens is 417 g/mol. The number of aromatic carboxylic acids is 1. The highest BCUT2D eigenvalue weighted by Gasteiger charge is 2.20. The molecular formula is C17H11Cl2NO4S2. The lowest BCUT2D eigenvalue weighted by Crippen LogP contribution is -2.15. The Morgan fingerprint density at radius 1 is 1.04 bits per heavy atom. The molecule has 0 fully saturated rings. The predicted octanol–water partition coefficient (Wildman–Crippen LogP) is 5.22. The van der Waals surface area contributed by atoms with Crippen molar-refractivity contribution < 1.29 is 18.3 Å². The molecule has 2 N–H and O–H groups in total. The van der Waals surface area contributed by atoms with Crippen molar-refractivity contribution in [2.45, 2.75) is 4.90 Å². The largest absolute Gasteiger partial charge is 0.478 e. The Morgan fingerprint density at radius 3 is 2.31 bits per heavy atom. The molecule has 0 radical (unpaired) electrons. The highest BCUT2D eigenvalue weighted by Crippen LogP contribution is 2.31. The number of halogens is 2. The van der Waals surface area contributed by atoms with E-state index in [0.29, 0.717) is 5.56 Å². The average Bonchev–Trinajstić information content (AvgIpc) is 3.07. The second-order valence-electron chi connectivity index (χ2n) is 5.25. The molecule has 1 heterocycles. The van der Waals surface area contributed by atoms with Crippen LogP contribution >= 0.6 is 34.5 Å². The summed E-state index contributed by atoms with van der Waals surface area (Å²) in [6.45, 7) is 0. The third-order valence-electron chi connectivity index (χ3n) is 3.45. The van der Waals surface area contributed by atoms with Crippen LogP contribution in [-0.2, 0) is 10.0 Å². The number of rotatable bonds is 5. The molecule has 134 valence electrons. The van der Waals surface area contributed by atoms with E-state index in [9.17, 15) is 18.3 Å². The first kappa shape index (κ1) is 18.7. The fraction of sp³-hybridized carbons (Fsp3) is 0. The molecule has 0 aliphatic carbocycles. The Balaban J connectivity index is 2.07. The molecule has 0 spiro atoms. The van der Waals surface area contributed by atoms with E-state index in [-0.39, 0.29) is 26.2 Å². The van der Waals surface area contributed by atoms with Crippen LogP contribution in [0.4, 0.5) is 5.69 Å². The zero-order valence-corrected chi connectivity index (χ0v) is 16.1. The molecule has 0 saturated carbocycles. The fourth-order valence-electron chi connectivity index (χ4n) is 2.30. The first-order valence-electron chi connectivity index (χ1n) is 7.16. The van der Waals surface area contributed by atoms with Crippen LogP contribution in [0.25, 0.3) is 10.4 Å². The molecule has 0 saturated heterocycles. The molecule has 2 aromatic carbocycles. The fourth-order valence-corrected chi connectivity index (χ4v) is 4.82. The van der Waals surface area contributed by atoms with Gasteiger partial charge in [-0.3, -0.25) is 4.72 Å². The number of carboxylic acid groups (broad SMARTS) is 1. The van der Waals surface area contributed by atoms with Crippen molar-refractivity contribution >= 4 is 56.2 Å². The summed E-state index contributed by atoms with van der Waals surface area (Å²) in [5, 5.41) is 11.6. The minimum absolute atomic E-state index is 0.0421. The highest BCUT2D eigenvalue weighted by molar-refractivity contribution is 7.92. The normalized spacial score (nSPS) is 11.3. The van der Waals surface area contributed by atoms with E-state index >= 15 is 0 Å². The summed E-state index contributed by atoms with van der Waals surface area (Å²) in [5.74, 6) is -1.25. The quantitative estimate of drug-likeness (QED) is 0.584. The Bertz CT molecular complexity index is 1060. The monoisotopic (exact) mass is 427 g/mol. The van der Waals surface area contributed by atoms with Gasteiger partial charge in [-0.25, -0.2) is 13.2 Å². The SMILES string of the molecule is O=C(O)c1ccc(-c2cccs2)cc1NS(=O)(=O)c1cc(Cl)cc(Cl)c1. The van der Waals surface area contributed by atoms with Gasteiger partial charge >= 0.3 is 5.97 Å². The molecule has 0 unspecified atom stereocenters. The summed E-state index contributed by atoms with van der Waals surface area (Å²) < 4.78 is 27.6. The zero-order chi connectivity index (χ0) is 18.9. The van der Waals surface area contributed by atoms with Gasteiger partial charge in [-0.2, -0.15) is 0 Å². The zero-order valence-electron chi connectivity index (χ0n) is 12.9. The van der Waals surface area contributed by atoms with Gasteiger partial charge in [0.25, 0.3) is 10.0 Å². The number of carboxylic acids is 1. The van der Waals surface area contributed by atoms with Gasteiger partial charge in [0.15, 0.2) is 0 Å². The summed E-state index contributed by atoms with van der Waals surface area (Å²) in [7, 11) is -4.08. The lowest BCUT2D eigenvalue weighted by molar-refractivity contribution is 0.0698. The minimum Gasteiger partial charge on any atom is -0.478 e. The topological polar surface area (TPSA) is 83.5 Å². The van der Waals surface area contributed by atoms with Crippen LogP contribution < -0.4 is 4.72 Å². The number of anilines is 1. The van der Waals surface area contributed by atoms with Gasteiger partial charge in [-0.15, -0.1) is 11.3 Å². The van der Waals surface area contributed by atoms with E-state index in [1.807, 2.05) is 17.5 Å². The molecule has 1 aromatic heterocycles. The second kappa shape index (κ2) is 7.28. The van der Waals surface area contributed by atoms with E-state index in [1.54, 1.807) is 6.07 Å². The number of nitrogens with one attached hydrogen (secondary N) is 1. The summed E-state index contributed by atoms with van der Waals surface area (Å²) in [6, 6.07) is 12.1. The van der Waals surface area contributed by atoms with E-state index < -0.39 is 16.0 Å². The van der Waals surface area contributed by atoms with E-state index in [1.165, 1.54) is 41.7 Å². The molecule has 5 nitrogen and oxygen atoms in total. The van der Waals surface area contributed by atoms with Gasteiger partial charge in [0.05, 0.1) is 16.1 Å². The number of sulfonamides is 1. The number of carbonyl (C=O) groups is 1. The summed E-state index contributed by atoms with van der Waals surface area (Å²) in [6.07, 6.45) is 0. The lowest BCUT2D eigenvalue weighted by Gasteiger charge is -2.12. The van der Waals surface area contributed by atoms with Crippen LogP contribution in [0.15, 0.2) is 58.8 Å². The van der Waals surface area contributed by atoms with Crippen LogP contribution in [0, 0.1) is 0 Å². The molecule has 0 atom stereocenters. The molecule has 9 heteroatoms. The molecule has 0 aliphatic rings. The maximum absolute atomic E-state index is 12.7. The number of benzene rings is 2. The van der Waals surface area contributed by atoms with Crippen LogP contribution in [-0.4, -0.2) is 19.5 Å². The first-order chi connectivity index (χ1) is 12.3. The van der Waals surface area contributed by atoms with Gasteiger partial charge in [0.1, 0.15) is 0 Å². The maximum Gasteiger partial charge on any atom is 0.337 e. The third-order valence-corrected chi connectivity index (χ3v) is 6.15. The summed E-state index contributed by atoms with van der Waals surface area (Å²) >= 11 is 13.2. The van der Waals surface area contributed by atoms with Gasteiger partial charge in [0, 0.05) is 14.9 Å². The van der Waals surface area contributed by atoms with Crippen LogP contribution in [0.1, 0.15) is 10.4 Å². The van der Waals surface area contributed by atoms with Crippen molar-refractivity contribution in [1.29, 1.82) is 0 Å². The first-order valence-corrected chi connectivity index (χ1v) is 10.3. The van der Waals surface area contributed by atoms with Crippen molar-refractivity contribution in [2.75, 3.05) is 4.72 Å². The molecule has 3 aromatic rings. The van der Waals surface area contributed by atoms with Gasteiger partial charge in [-0.05, 0) is 47.3 Å². The summed E-state index contributed by atoms with van der Waals surface area (Å²) in [4.78, 5) is 12.2. The van der Waals surface area contributed by atoms with Crippen molar-refractivity contribution in [3.63, 3.8) is 0 Å². The van der Waals surface area contributed by atoms with E-state index in [4.69, 9.17) is 23.2 Å². The van der Waals surface area contributed by atoms with Crippen LogP contribution in [0.2, 0.25) is 10.0 Å². The van der Waals surface area contributed by atoms with Gasteiger partial charge < -0.3 is 5.11 Å². The number of hydrogen-bond acceptors (Lipinski definition) is 4. The average molecular weight is 428 g/mol. The molecule has 0 aliphatic heterocycles. The van der Waals surface area contributed by atoms with Crippen molar-refractivity contribution in [3.8, 4) is 10.4 Å². The van der Waals surface area contributed by atoms with Gasteiger partial charge in [-0.1, -0.05) is 35.3 Å². The van der Waals surface area contributed by atoms with E-state index in [0.717, 1.165) is 4.88 Å². The highest BCUT2D eigenvalue weighted by atomic mass is 35.5. The number of thiophene rings is 1. The predicted molar refractivity (Wildman–Crippen MR) is 104 cm³/mol. The molecule has 0 amide bonds. The standard InChI is InChI=1S/C17H11Cl2NO4S2/c18-11-7-12(19)9-13(8-11)26(23,24)20-15-6-10(16-2-1-5-25-16)3-4-14(15)17(21)22/h1-9,20H,(H,21,22). The number of hydrogen-bond donors (Lipinski definition) is 2. The summed E-state index contributed by atoms with van der Waals surface area (Å²) in [5.41, 5.74) is 0.494. The molecule has 26 heavy (non-hydrogen) atoms. The smallest absolute Gasteiger partial charge is 0.337 e. The minimum atomic E-state index is -4.08. The Hall–Kier alpha value is -2.06. The van der Waals surface area contributed by atoms with Crippen LogP contribution in [0.5, 0.6) is 0 Å². The van der Waals surface area contributed by atoms with Crippen molar-refractivity contribution in [3.05, 3.63) is 69.5 Å². The molecule has 0 bridgehead atoms. The lowest BCUT2D eigenvalue weighted by atomic mass is 10.1. The second-order valence-corrected chi connectivity index (χ2v) is 8.76. The van der Waals surface area contributed by atoms with Crippen molar-refractivity contribution in [1.82, 2.24) is 0 Å². The Labute approximate surface area is 163 Å². The van der Waals surface area contributed by atoms with Crippen LogP contribution in [0.3, 0.4) is 0 Å². The Morgan fingerprint density at radius 2 is 1.73 bits per heavy atom. The third kappa shape index (κ3) is 4.02. The van der Waals surface area contributed by atoms with E-state index in [2.05, 4.69) is 4.72 Å². The maximum atomic E-state index is 12.7. The molecule has 3 rings (SSSR count). The van der Waals surface area contributed by atoms with Gasteiger partial charge in [0.2, 0.25) is 0 Å². The Kier molecular flexibility index (Phi) is 5.24. The van der Waals surface area contributed by atoms with Crippen molar-refractivity contribution in [2.24, 2.45) is 0 Å².